The molecule has 1 aliphatic rings. The van der Waals surface area contributed by atoms with Crippen LogP contribution in [0.3, 0.4) is 0 Å². The van der Waals surface area contributed by atoms with E-state index in [-0.39, 0.29) is 0 Å². The van der Waals surface area contributed by atoms with Crippen molar-refractivity contribution in [3.05, 3.63) is 65.2 Å². The predicted molar refractivity (Wildman–Crippen MR) is 86.7 cm³/mol. The van der Waals surface area contributed by atoms with Gasteiger partial charge in [0.15, 0.2) is 0 Å². The average Bonchev–Trinajstić information content (AvgIpc) is 3.28. The highest BCUT2D eigenvalue weighted by Gasteiger charge is 2.43. The van der Waals surface area contributed by atoms with Crippen molar-refractivity contribution in [1.82, 2.24) is 0 Å². The molecule has 20 heavy (non-hydrogen) atoms. The Kier molecular flexibility index (Phi) is 3.84. The fraction of sp³-hybridized carbons (Fsp3) is 0.333. The van der Waals surface area contributed by atoms with Crippen molar-refractivity contribution in [2.45, 2.75) is 31.8 Å². The minimum Gasteiger partial charge on any atom is -0.489 e. The zero-order valence-electron chi connectivity index (χ0n) is 11.7. The van der Waals surface area contributed by atoms with E-state index in [2.05, 4.69) is 53.2 Å². The van der Waals surface area contributed by atoms with Gasteiger partial charge in [-0.25, -0.2) is 0 Å². The minimum absolute atomic E-state index is 0.392. The molecule has 1 fully saturated rings. The third-order valence-electron chi connectivity index (χ3n) is 4.13. The number of alkyl halides is 1. The second-order valence-corrected chi connectivity index (χ2v) is 6.23. The van der Waals surface area contributed by atoms with Gasteiger partial charge in [0.25, 0.3) is 0 Å². The highest BCUT2D eigenvalue weighted by Crippen LogP contribution is 2.50. The first-order chi connectivity index (χ1) is 9.73. The van der Waals surface area contributed by atoms with Crippen molar-refractivity contribution in [3.63, 3.8) is 0 Å². The Balaban J connectivity index is 1.72. The van der Waals surface area contributed by atoms with Crippen LogP contribution >= 0.6 is 15.9 Å². The maximum Gasteiger partial charge on any atom is 0.122 e. The number of aryl methyl sites for hydroxylation is 1. The molecule has 0 aliphatic heterocycles. The summed E-state index contributed by atoms with van der Waals surface area (Å²) in [6, 6.07) is 16.9. The van der Waals surface area contributed by atoms with Crippen LogP contribution in [0.1, 0.15) is 29.5 Å². The third-order valence-corrected chi connectivity index (χ3v) is 5.21. The lowest BCUT2D eigenvalue weighted by Crippen LogP contribution is -2.08. The van der Waals surface area contributed by atoms with E-state index in [4.69, 9.17) is 4.74 Å². The summed E-state index contributed by atoms with van der Waals surface area (Å²) in [4.78, 5) is 0. The molecule has 0 spiro atoms. The Labute approximate surface area is 129 Å². The van der Waals surface area contributed by atoms with Crippen LogP contribution in [0.15, 0.2) is 48.5 Å². The zero-order valence-corrected chi connectivity index (χ0v) is 13.3. The van der Waals surface area contributed by atoms with Crippen LogP contribution < -0.4 is 4.74 Å². The van der Waals surface area contributed by atoms with E-state index < -0.39 is 0 Å². The van der Waals surface area contributed by atoms with Gasteiger partial charge in [-0.3, -0.25) is 0 Å². The van der Waals surface area contributed by atoms with Crippen LogP contribution in [0, 0.1) is 6.92 Å². The van der Waals surface area contributed by atoms with Crippen molar-refractivity contribution in [2.24, 2.45) is 0 Å². The van der Waals surface area contributed by atoms with Gasteiger partial charge in [-0.2, -0.15) is 0 Å². The van der Waals surface area contributed by atoms with Crippen LogP contribution in [0.5, 0.6) is 5.75 Å². The quantitative estimate of drug-likeness (QED) is 0.701. The Morgan fingerprint density at radius 2 is 1.85 bits per heavy atom. The first kappa shape index (κ1) is 13.7. The van der Waals surface area contributed by atoms with E-state index >= 15 is 0 Å². The molecule has 0 unspecified atom stereocenters. The molecule has 3 rings (SSSR count). The fourth-order valence-corrected chi connectivity index (χ4v) is 3.41. The highest BCUT2D eigenvalue weighted by atomic mass is 79.9. The molecule has 1 aliphatic carbocycles. The van der Waals surface area contributed by atoms with E-state index in [1.54, 1.807) is 0 Å². The fourth-order valence-electron chi connectivity index (χ4n) is 2.53. The van der Waals surface area contributed by atoms with Gasteiger partial charge < -0.3 is 4.74 Å². The van der Waals surface area contributed by atoms with Crippen molar-refractivity contribution >= 4 is 15.9 Å². The number of halogens is 1. The molecular weight excluding hydrogens is 312 g/mol. The zero-order chi connectivity index (χ0) is 14.0. The van der Waals surface area contributed by atoms with E-state index in [0.717, 1.165) is 11.1 Å². The molecule has 2 aromatic rings. The number of ether oxygens (including phenoxy) is 1. The Morgan fingerprint density at radius 3 is 2.45 bits per heavy atom. The summed E-state index contributed by atoms with van der Waals surface area (Å²) in [5, 5.41) is 1.06. The van der Waals surface area contributed by atoms with Gasteiger partial charge in [-0.05, 0) is 42.5 Å². The Morgan fingerprint density at radius 1 is 1.10 bits per heavy atom. The molecule has 0 amide bonds. The first-order valence-electron chi connectivity index (χ1n) is 7.07. The molecule has 0 N–H and O–H groups in total. The van der Waals surface area contributed by atoms with Crippen molar-refractivity contribution < 1.29 is 4.74 Å². The van der Waals surface area contributed by atoms with Crippen LogP contribution in [-0.2, 0) is 12.0 Å². The number of benzene rings is 2. The van der Waals surface area contributed by atoms with Crippen LogP contribution in [0.4, 0.5) is 0 Å². The lowest BCUT2D eigenvalue weighted by atomic mass is 9.96. The monoisotopic (exact) mass is 330 g/mol. The van der Waals surface area contributed by atoms with Gasteiger partial charge in [0.05, 0.1) is 0 Å². The Bertz CT molecular complexity index is 588. The van der Waals surface area contributed by atoms with Crippen LogP contribution in [-0.4, -0.2) is 5.33 Å². The highest BCUT2D eigenvalue weighted by molar-refractivity contribution is 9.09. The molecule has 104 valence electrons. The van der Waals surface area contributed by atoms with Gasteiger partial charge in [0.2, 0.25) is 0 Å². The second-order valence-electron chi connectivity index (χ2n) is 5.67. The summed E-state index contributed by atoms with van der Waals surface area (Å²) in [5.74, 6) is 0.989. The molecule has 0 aromatic heterocycles. The minimum atomic E-state index is 0.392. The molecule has 2 aromatic carbocycles. The van der Waals surface area contributed by atoms with Crippen molar-refractivity contribution in [1.29, 1.82) is 0 Å². The largest absolute Gasteiger partial charge is 0.489 e. The summed E-state index contributed by atoms with van der Waals surface area (Å²) in [7, 11) is 0. The molecule has 0 bridgehead atoms. The van der Waals surface area contributed by atoms with Crippen LogP contribution in [0.2, 0.25) is 0 Å². The smallest absolute Gasteiger partial charge is 0.122 e. The molecule has 0 heterocycles. The summed E-state index contributed by atoms with van der Waals surface area (Å²) >= 11 is 3.64. The lowest BCUT2D eigenvalue weighted by Gasteiger charge is -2.15. The molecule has 1 nitrogen and oxygen atoms in total. The lowest BCUT2D eigenvalue weighted by molar-refractivity contribution is 0.304. The van der Waals surface area contributed by atoms with Gasteiger partial charge in [0, 0.05) is 10.7 Å². The topological polar surface area (TPSA) is 9.23 Å². The summed E-state index contributed by atoms with van der Waals surface area (Å²) in [6.07, 6.45) is 2.59. The number of hydrogen-bond acceptors (Lipinski definition) is 1. The van der Waals surface area contributed by atoms with E-state index in [9.17, 15) is 0 Å². The molecule has 2 heteroatoms. The summed E-state index contributed by atoms with van der Waals surface area (Å²) in [5.41, 5.74) is 4.27. The van der Waals surface area contributed by atoms with Gasteiger partial charge >= 0.3 is 0 Å². The third kappa shape index (κ3) is 2.76. The van der Waals surface area contributed by atoms with Gasteiger partial charge in [0.1, 0.15) is 12.4 Å². The van der Waals surface area contributed by atoms with Crippen molar-refractivity contribution in [2.75, 3.05) is 5.33 Å². The number of hydrogen-bond donors (Lipinski definition) is 0. The second kappa shape index (κ2) is 5.61. The predicted octanol–water partition coefficient (Wildman–Crippen LogP) is 5.00. The molecular formula is C18H19BrO. The van der Waals surface area contributed by atoms with E-state index in [1.807, 2.05) is 18.2 Å². The first-order valence-corrected chi connectivity index (χ1v) is 8.19. The Hall–Kier alpha value is -1.28. The SMILES string of the molecule is Cc1cc(C2(CBr)CC2)ccc1OCc1ccccc1. The standard InChI is InChI=1S/C18H19BrO/c1-14-11-16(18(13-19)9-10-18)7-8-17(14)20-12-15-5-3-2-4-6-15/h2-8,11H,9-10,12-13H2,1H3. The van der Waals surface area contributed by atoms with Crippen LogP contribution in [0.25, 0.3) is 0 Å². The van der Waals surface area contributed by atoms with Gasteiger partial charge in [-0.15, -0.1) is 0 Å². The molecule has 0 atom stereocenters. The summed E-state index contributed by atoms with van der Waals surface area (Å²) < 4.78 is 5.93. The normalized spacial score (nSPS) is 15.9. The molecule has 0 saturated heterocycles. The molecule has 0 radical (unpaired) electrons. The van der Waals surface area contributed by atoms with Crippen molar-refractivity contribution in [3.8, 4) is 5.75 Å². The number of rotatable bonds is 5. The maximum atomic E-state index is 5.93. The van der Waals surface area contributed by atoms with Gasteiger partial charge in [-0.1, -0.05) is 58.4 Å². The van der Waals surface area contributed by atoms with E-state index in [0.29, 0.717) is 12.0 Å². The molecule has 1 saturated carbocycles. The summed E-state index contributed by atoms with van der Waals surface area (Å²) in [6.45, 7) is 2.76. The van der Waals surface area contributed by atoms with E-state index in [1.165, 1.54) is 29.5 Å². The average molecular weight is 331 g/mol. The maximum absolute atomic E-state index is 5.93.